The van der Waals surface area contributed by atoms with Crippen LogP contribution in [0.25, 0.3) is 0 Å². The highest BCUT2D eigenvalue weighted by atomic mass is 19.1. The third-order valence-corrected chi connectivity index (χ3v) is 4.05. The molecule has 3 rings (SSSR count). The Bertz CT molecular complexity index is 769. The number of nitrogens with zero attached hydrogens (tertiary/aromatic N) is 2. The van der Waals surface area contributed by atoms with Gasteiger partial charge in [0.1, 0.15) is 24.6 Å². The number of pyridine rings is 1. The van der Waals surface area contributed by atoms with E-state index in [1.54, 1.807) is 36.7 Å². The van der Waals surface area contributed by atoms with Gasteiger partial charge in [0.2, 0.25) is 5.91 Å². The molecule has 7 heteroatoms. The van der Waals surface area contributed by atoms with Crippen molar-refractivity contribution >= 4 is 11.8 Å². The topological polar surface area (TPSA) is 85.5 Å². The Labute approximate surface area is 144 Å². The van der Waals surface area contributed by atoms with Gasteiger partial charge in [0, 0.05) is 29.9 Å². The van der Waals surface area contributed by atoms with Crippen molar-refractivity contribution in [2.24, 2.45) is 5.73 Å². The van der Waals surface area contributed by atoms with Gasteiger partial charge >= 0.3 is 0 Å². The molecule has 2 amide bonds. The molecule has 1 fully saturated rings. The largest absolute Gasteiger partial charge is 0.489 e. The zero-order valence-corrected chi connectivity index (χ0v) is 13.5. The van der Waals surface area contributed by atoms with Crippen LogP contribution < -0.4 is 10.5 Å². The second-order valence-electron chi connectivity index (χ2n) is 5.89. The van der Waals surface area contributed by atoms with E-state index >= 15 is 0 Å². The van der Waals surface area contributed by atoms with Crippen LogP contribution in [-0.4, -0.2) is 40.5 Å². The predicted molar refractivity (Wildman–Crippen MR) is 88.5 cm³/mol. The maximum Gasteiger partial charge on any atom is 0.254 e. The molecule has 0 saturated carbocycles. The van der Waals surface area contributed by atoms with Gasteiger partial charge in [-0.1, -0.05) is 12.1 Å². The van der Waals surface area contributed by atoms with Crippen molar-refractivity contribution < 1.29 is 18.7 Å². The number of amides is 2. The Morgan fingerprint density at radius 2 is 2.16 bits per heavy atom. The molecule has 0 unspecified atom stereocenters. The first-order chi connectivity index (χ1) is 12.0. The Balaban J connectivity index is 1.72. The lowest BCUT2D eigenvalue weighted by molar-refractivity contribution is -0.121. The second kappa shape index (κ2) is 7.29. The van der Waals surface area contributed by atoms with Crippen LogP contribution >= 0.6 is 0 Å². The lowest BCUT2D eigenvalue weighted by Gasteiger charge is -2.22. The van der Waals surface area contributed by atoms with E-state index in [0.29, 0.717) is 17.9 Å². The van der Waals surface area contributed by atoms with Crippen LogP contribution in [0.2, 0.25) is 0 Å². The number of halogens is 1. The molecule has 1 aromatic carbocycles. The summed E-state index contributed by atoms with van der Waals surface area (Å²) in [7, 11) is 0. The lowest BCUT2D eigenvalue weighted by Crippen LogP contribution is -2.43. The fourth-order valence-electron chi connectivity index (χ4n) is 2.81. The Morgan fingerprint density at radius 1 is 1.32 bits per heavy atom. The van der Waals surface area contributed by atoms with Crippen molar-refractivity contribution in [3.05, 3.63) is 59.9 Å². The zero-order valence-electron chi connectivity index (χ0n) is 13.5. The van der Waals surface area contributed by atoms with Gasteiger partial charge in [0.05, 0.1) is 6.54 Å². The van der Waals surface area contributed by atoms with Crippen LogP contribution in [-0.2, 0) is 11.4 Å². The summed E-state index contributed by atoms with van der Waals surface area (Å²) in [6, 6.07) is 9.34. The summed E-state index contributed by atoms with van der Waals surface area (Å²) >= 11 is 0. The van der Waals surface area contributed by atoms with Crippen molar-refractivity contribution in [1.29, 1.82) is 0 Å². The number of ether oxygens (including phenoxy) is 1. The van der Waals surface area contributed by atoms with Crippen LogP contribution in [0.15, 0.2) is 48.8 Å². The van der Waals surface area contributed by atoms with E-state index in [-0.39, 0.29) is 13.0 Å². The third-order valence-electron chi connectivity index (χ3n) is 4.05. The number of benzene rings is 1. The summed E-state index contributed by atoms with van der Waals surface area (Å²) in [6.45, 7) is 0.179. The summed E-state index contributed by atoms with van der Waals surface area (Å²) in [5.41, 5.74) is 6.50. The number of nitrogens with two attached hydrogens (primary N) is 1. The minimum atomic E-state index is -1.24. The summed E-state index contributed by atoms with van der Waals surface area (Å²) < 4.78 is 19.3. The minimum absolute atomic E-state index is 0.0573. The van der Waals surface area contributed by atoms with E-state index in [0.717, 1.165) is 5.56 Å². The Hall–Kier alpha value is -2.96. The first-order valence-corrected chi connectivity index (χ1v) is 7.90. The first-order valence-electron chi connectivity index (χ1n) is 7.90. The van der Waals surface area contributed by atoms with Gasteiger partial charge in [0.25, 0.3) is 5.91 Å². The Kier molecular flexibility index (Phi) is 4.92. The number of hydrogen-bond acceptors (Lipinski definition) is 4. The maximum absolute atomic E-state index is 13.6. The molecule has 1 aromatic heterocycles. The summed E-state index contributed by atoms with van der Waals surface area (Å²) in [5, 5.41) is 0. The molecular weight excluding hydrogens is 325 g/mol. The van der Waals surface area contributed by atoms with E-state index < -0.39 is 24.0 Å². The van der Waals surface area contributed by atoms with Crippen molar-refractivity contribution in [3.63, 3.8) is 0 Å². The van der Waals surface area contributed by atoms with E-state index in [4.69, 9.17) is 10.5 Å². The predicted octanol–water partition coefficient (Wildman–Crippen LogP) is 1.70. The molecule has 130 valence electrons. The number of hydrogen-bond donors (Lipinski definition) is 1. The van der Waals surface area contributed by atoms with E-state index in [9.17, 15) is 14.0 Å². The highest BCUT2D eigenvalue weighted by Crippen LogP contribution is 2.24. The van der Waals surface area contributed by atoms with Crippen molar-refractivity contribution in [1.82, 2.24) is 9.88 Å². The lowest BCUT2D eigenvalue weighted by atomic mass is 10.1. The molecule has 2 atom stereocenters. The van der Waals surface area contributed by atoms with E-state index in [1.165, 1.54) is 4.90 Å². The third kappa shape index (κ3) is 3.93. The van der Waals surface area contributed by atoms with Gasteiger partial charge in [0.15, 0.2) is 0 Å². The molecule has 2 N–H and O–H groups in total. The molecular formula is C18H18FN3O3. The molecule has 1 aliphatic heterocycles. The maximum atomic E-state index is 13.6. The summed E-state index contributed by atoms with van der Waals surface area (Å²) in [5.74, 6) is -0.630. The molecule has 6 nitrogen and oxygen atoms in total. The minimum Gasteiger partial charge on any atom is -0.489 e. The number of primary amides is 1. The fourth-order valence-corrected chi connectivity index (χ4v) is 2.81. The highest BCUT2D eigenvalue weighted by Gasteiger charge is 2.39. The number of carbonyl (C=O) groups excluding carboxylic acids is 2. The zero-order chi connectivity index (χ0) is 17.8. The summed E-state index contributed by atoms with van der Waals surface area (Å²) in [6.07, 6.45) is 2.06. The molecule has 2 aromatic rings. The molecule has 0 bridgehead atoms. The van der Waals surface area contributed by atoms with Gasteiger partial charge in [-0.2, -0.15) is 0 Å². The van der Waals surface area contributed by atoms with Gasteiger partial charge in [-0.15, -0.1) is 0 Å². The molecule has 0 spiro atoms. The van der Waals surface area contributed by atoms with Gasteiger partial charge < -0.3 is 15.4 Å². The number of alkyl halides is 1. The van der Waals surface area contributed by atoms with Crippen molar-refractivity contribution in [2.75, 3.05) is 6.54 Å². The average molecular weight is 343 g/mol. The molecule has 1 aliphatic rings. The number of likely N-dealkylation sites (tertiary alicyclic amines) is 1. The van der Waals surface area contributed by atoms with Crippen LogP contribution in [0, 0.1) is 0 Å². The number of carbonyl (C=O) groups is 2. The molecule has 2 heterocycles. The normalized spacial score (nSPS) is 19.6. The standard InChI is InChI=1S/C18H18FN3O3/c19-14-8-16(17(20)23)22(10-14)18(24)13-4-1-5-15(7-13)25-11-12-3-2-6-21-9-12/h1-7,9,14,16H,8,10-11H2,(H2,20,23)/t14-,16+/m1/s1. The van der Waals surface area contributed by atoms with E-state index in [1.807, 2.05) is 12.1 Å². The Morgan fingerprint density at radius 3 is 2.88 bits per heavy atom. The quantitative estimate of drug-likeness (QED) is 0.895. The van der Waals surface area contributed by atoms with Gasteiger partial charge in [-0.05, 0) is 24.3 Å². The second-order valence-corrected chi connectivity index (χ2v) is 5.89. The molecule has 0 aliphatic carbocycles. The van der Waals surface area contributed by atoms with Crippen molar-refractivity contribution in [3.8, 4) is 5.75 Å². The number of aromatic nitrogens is 1. The van der Waals surface area contributed by atoms with Crippen LogP contribution in [0.5, 0.6) is 5.75 Å². The molecule has 0 radical (unpaired) electrons. The molecule has 1 saturated heterocycles. The van der Waals surface area contributed by atoms with Crippen LogP contribution in [0.1, 0.15) is 22.3 Å². The van der Waals surface area contributed by atoms with Crippen LogP contribution in [0.4, 0.5) is 4.39 Å². The first kappa shape index (κ1) is 16.9. The smallest absolute Gasteiger partial charge is 0.254 e. The fraction of sp³-hybridized carbons (Fsp3) is 0.278. The monoisotopic (exact) mass is 343 g/mol. The van der Waals surface area contributed by atoms with Gasteiger partial charge in [-0.25, -0.2) is 4.39 Å². The molecule has 25 heavy (non-hydrogen) atoms. The highest BCUT2D eigenvalue weighted by molar-refractivity contribution is 5.98. The SMILES string of the molecule is NC(=O)[C@@H]1C[C@@H](F)CN1C(=O)c1cccc(OCc2cccnc2)c1. The summed E-state index contributed by atoms with van der Waals surface area (Å²) in [4.78, 5) is 29.3. The van der Waals surface area contributed by atoms with Crippen LogP contribution in [0.3, 0.4) is 0 Å². The van der Waals surface area contributed by atoms with E-state index in [2.05, 4.69) is 4.98 Å². The number of rotatable bonds is 5. The van der Waals surface area contributed by atoms with Gasteiger partial charge in [-0.3, -0.25) is 14.6 Å². The van der Waals surface area contributed by atoms with Crippen molar-refractivity contribution in [2.45, 2.75) is 25.2 Å². The average Bonchev–Trinajstić information content (AvgIpc) is 3.02.